The van der Waals surface area contributed by atoms with E-state index in [1.807, 2.05) is 13.0 Å². The first-order valence-electron chi connectivity index (χ1n) is 7.32. The van der Waals surface area contributed by atoms with Crippen LogP contribution in [0.1, 0.15) is 59.3 Å². The maximum atomic E-state index is 11.7. The molecule has 0 saturated heterocycles. The fraction of sp³-hybridized carbons (Fsp3) is 0.625. The van der Waals surface area contributed by atoms with Gasteiger partial charge in [0.2, 0.25) is 5.91 Å². The molecule has 0 aliphatic carbocycles. The highest BCUT2D eigenvalue weighted by molar-refractivity contribution is 5.94. The van der Waals surface area contributed by atoms with E-state index in [0.717, 1.165) is 18.4 Å². The van der Waals surface area contributed by atoms with Gasteiger partial charge < -0.3 is 10.1 Å². The second-order valence-corrected chi connectivity index (χ2v) is 4.68. The Morgan fingerprint density at radius 2 is 1.85 bits per heavy atom. The van der Waals surface area contributed by atoms with Crippen molar-refractivity contribution in [2.45, 2.75) is 59.3 Å². The summed E-state index contributed by atoms with van der Waals surface area (Å²) in [7, 11) is 1.31. The summed E-state index contributed by atoms with van der Waals surface area (Å²) in [6.45, 7) is 5.51. The van der Waals surface area contributed by atoms with Crippen molar-refractivity contribution in [3.05, 3.63) is 23.4 Å². The van der Waals surface area contributed by atoms with Gasteiger partial charge in [0.1, 0.15) is 5.70 Å². The fourth-order valence-electron chi connectivity index (χ4n) is 1.83. The molecule has 0 heterocycles. The summed E-state index contributed by atoms with van der Waals surface area (Å²) < 4.78 is 4.71. The van der Waals surface area contributed by atoms with Crippen LogP contribution in [0.2, 0.25) is 0 Å². The Balaban J connectivity index is 4.75. The van der Waals surface area contributed by atoms with Gasteiger partial charge >= 0.3 is 5.97 Å². The normalized spacial score (nSPS) is 12.2. The highest BCUT2D eigenvalue weighted by atomic mass is 16.5. The standard InChI is InChI=1S/C16H27NO3/c1-5-7-8-9-10-11-12-14(6-2)15(16(19)20-4)17-13(3)18/h11-12H,5-10H2,1-4H3,(H,17,18)/b12-11+,15-14-. The van der Waals surface area contributed by atoms with Gasteiger partial charge in [0.15, 0.2) is 0 Å². The summed E-state index contributed by atoms with van der Waals surface area (Å²) in [6, 6.07) is 0. The molecule has 0 atom stereocenters. The highest BCUT2D eigenvalue weighted by Gasteiger charge is 2.14. The molecule has 0 spiro atoms. The molecule has 0 rings (SSSR count). The lowest BCUT2D eigenvalue weighted by molar-refractivity contribution is -0.137. The molecule has 0 aromatic rings. The number of nitrogens with one attached hydrogen (secondary N) is 1. The molecule has 0 aromatic heterocycles. The highest BCUT2D eigenvalue weighted by Crippen LogP contribution is 2.12. The van der Waals surface area contributed by atoms with Crippen LogP contribution in [0.25, 0.3) is 0 Å². The Labute approximate surface area is 122 Å². The molecule has 0 radical (unpaired) electrons. The Morgan fingerprint density at radius 1 is 1.15 bits per heavy atom. The summed E-state index contributed by atoms with van der Waals surface area (Å²) in [5.41, 5.74) is 1.04. The smallest absolute Gasteiger partial charge is 0.354 e. The maximum Gasteiger partial charge on any atom is 0.354 e. The maximum absolute atomic E-state index is 11.7. The number of methoxy groups -OCH3 is 1. The predicted octanol–water partition coefficient (Wildman–Crippen LogP) is 3.49. The quantitative estimate of drug-likeness (QED) is 0.305. The molecule has 1 amide bonds. The number of rotatable bonds is 9. The largest absolute Gasteiger partial charge is 0.464 e. The third-order valence-electron chi connectivity index (χ3n) is 2.94. The van der Waals surface area contributed by atoms with Crippen molar-refractivity contribution in [2.75, 3.05) is 7.11 Å². The van der Waals surface area contributed by atoms with Crippen molar-refractivity contribution < 1.29 is 14.3 Å². The Bertz CT molecular complexity index is 370. The molecule has 0 unspecified atom stereocenters. The molecule has 0 bridgehead atoms. The van der Waals surface area contributed by atoms with E-state index in [1.54, 1.807) is 0 Å². The lowest BCUT2D eigenvalue weighted by Crippen LogP contribution is -2.27. The fourth-order valence-corrected chi connectivity index (χ4v) is 1.83. The summed E-state index contributed by atoms with van der Waals surface area (Å²) in [6.07, 6.45) is 10.5. The number of allylic oxidation sites excluding steroid dienone is 3. The van der Waals surface area contributed by atoms with Crippen LogP contribution in [0.4, 0.5) is 0 Å². The van der Waals surface area contributed by atoms with Gasteiger partial charge in [-0.1, -0.05) is 45.3 Å². The molecule has 0 saturated carbocycles. The zero-order chi connectivity index (χ0) is 15.4. The van der Waals surface area contributed by atoms with Crippen LogP contribution in [0.5, 0.6) is 0 Å². The van der Waals surface area contributed by atoms with Crippen molar-refractivity contribution in [1.29, 1.82) is 0 Å². The monoisotopic (exact) mass is 281 g/mol. The van der Waals surface area contributed by atoms with E-state index in [9.17, 15) is 9.59 Å². The molecule has 1 N–H and O–H groups in total. The van der Waals surface area contributed by atoms with Crippen LogP contribution in [-0.4, -0.2) is 19.0 Å². The Hall–Kier alpha value is -1.58. The molecular weight excluding hydrogens is 254 g/mol. The van der Waals surface area contributed by atoms with Crippen LogP contribution in [0.3, 0.4) is 0 Å². The van der Waals surface area contributed by atoms with Crippen molar-refractivity contribution in [2.24, 2.45) is 0 Å². The number of hydrogen-bond donors (Lipinski definition) is 1. The van der Waals surface area contributed by atoms with Gasteiger partial charge in [-0.25, -0.2) is 4.79 Å². The van der Waals surface area contributed by atoms with Crippen molar-refractivity contribution >= 4 is 11.9 Å². The summed E-state index contributed by atoms with van der Waals surface area (Å²) >= 11 is 0. The number of carbonyl (C=O) groups excluding carboxylic acids is 2. The summed E-state index contributed by atoms with van der Waals surface area (Å²) in [5.74, 6) is -0.777. The summed E-state index contributed by atoms with van der Waals surface area (Å²) in [4.78, 5) is 22.9. The zero-order valence-electron chi connectivity index (χ0n) is 13.1. The molecule has 0 aromatic carbocycles. The van der Waals surface area contributed by atoms with Gasteiger partial charge in [-0.05, 0) is 24.8 Å². The SMILES string of the molecule is CCCCCC/C=C/C(CC)=C(\NC(C)=O)C(=O)OC. The molecule has 4 heteroatoms. The number of ether oxygens (including phenoxy) is 1. The first kappa shape index (κ1) is 18.4. The number of unbranched alkanes of at least 4 members (excludes halogenated alkanes) is 4. The van der Waals surface area contributed by atoms with Crippen molar-refractivity contribution in [3.63, 3.8) is 0 Å². The van der Waals surface area contributed by atoms with E-state index in [-0.39, 0.29) is 11.6 Å². The number of carbonyl (C=O) groups is 2. The van der Waals surface area contributed by atoms with Crippen LogP contribution in [0, 0.1) is 0 Å². The van der Waals surface area contributed by atoms with Gasteiger partial charge in [-0.15, -0.1) is 0 Å². The molecule has 20 heavy (non-hydrogen) atoms. The van der Waals surface area contributed by atoms with E-state index < -0.39 is 5.97 Å². The lowest BCUT2D eigenvalue weighted by atomic mass is 10.1. The third-order valence-corrected chi connectivity index (χ3v) is 2.94. The first-order chi connectivity index (χ1) is 9.56. The van der Waals surface area contributed by atoms with Crippen molar-refractivity contribution in [1.82, 2.24) is 5.32 Å². The van der Waals surface area contributed by atoms with E-state index in [0.29, 0.717) is 6.42 Å². The van der Waals surface area contributed by atoms with Gasteiger partial charge in [-0.3, -0.25) is 4.79 Å². The van der Waals surface area contributed by atoms with Gasteiger partial charge in [-0.2, -0.15) is 0 Å². The van der Waals surface area contributed by atoms with E-state index in [4.69, 9.17) is 4.74 Å². The molecule has 0 fully saturated rings. The van der Waals surface area contributed by atoms with Gasteiger partial charge in [0, 0.05) is 6.92 Å². The van der Waals surface area contributed by atoms with E-state index >= 15 is 0 Å². The first-order valence-corrected chi connectivity index (χ1v) is 7.32. The molecule has 0 aliphatic heterocycles. The number of amides is 1. The lowest BCUT2D eigenvalue weighted by Gasteiger charge is -2.10. The second kappa shape index (κ2) is 11.3. The average molecular weight is 281 g/mol. The zero-order valence-corrected chi connectivity index (χ0v) is 13.1. The minimum atomic E-state index is -0.507. The van der Waals surface area contributed by atoms with E-state index in [1.165, 1.54) is 33.3 Å². The molecule has 114 valence electrons. The van der Waals surface area contributed by atoms with Gasteiger partial charge in [0.25, 0.3) is 0 Å². The minimum Gasteiger partial charge on any atom is -0.464 e. The van der Waals surface area contributed by atoms with E-state index in [2.05, 4.69) is 18.3 Å². The second-order valence-electron chi connectivity index (χ2n) is 4.68. The summed E-state index contributed by atoms with van der Waals surface area (Å²) in [5, 5.41) is 2.56. The number of esters is 1. The predicted molar refractivity (Wildman–Crippen MR) is 81.0 cm³/mol. The molecular formula is C16H27NO3. The molecule has 0 aliphatic rings. The Morgan fingerprint density at radius 3 is 2.35 bits per heavy atom. The Kier molecular flexibility index (Phi) is 10.4. The topological polar surface area (TPSA) is 55.4 Å². The average Bonchev–Trinajstić information content (AvgIpc) is 2.43. The minimum absolute atomic E-state index is 0.243. The van der Waals surface area contributed by atoms with Crippen LogP contribution in [0.15, 0.2) is 23.4 Å². The van der Waals surface area contributed by atoms with Crippen molar-refractivity contribution in [3.8, 4) is 0 Å². The molecule has 4 nitrogen and oxygen atoms in total. The van der Waals surface area contributed by atoms with Crippen LogP contribution < -0.4 is 5.32 Å². The van der Waals surface area contributed by atoms with Crippen LogP contribution >= 0.6 is 0 Å². The number of hydrogen-bond acceptors (Lipinski definition) is 3. The van der Waals surface area contributed by atoms with Crippen LogP contribution in [-0.2, 0) is 14.3 Å². The van der Waals surface area contributed by atoms with Gasteiger partial charge in [0.05, 0.1) is 7.11 Å². The third kappa shape index (κ3) is 7.77.